The van der Waals surface area contributed by atoms with Crippen molar-refractivity contribution in [3.05, 3.63) is 60.2 Å². The summed E-state index contributed by atoms with van der Waals surface area (Å²) < 4.78 is 8.81. The van der Waals surface area contributed by atoms with Gasteiger partial charge >= 0.3 is 6.09 Å². The van der Waals surface area contributed by atoms with E-state index in [0.29, 0.717) is 23.7 Å². The van der Waals surface area contributed by atoms with Crippen molar-refractivity contribution in [2.75, 3.05) is 6.61 Å². The van der Waals surface area contributed by atoms with E-state index in [1.165, 1.54) is 0 Å². The van der Waals surface area contributed by atoms with Crippen molar-refractivity contribution in [1.82, 2.24) is 5.32 Å². The van der Waals surface area contributed by atoms with Crippen LogP contribution in [0.4, 0.5) is 4.79 Å². The summed E-state index contributed by atoms with van der Waals surface area (Å²) in [5.41, 5.74) is 0.654. The molecule has 0 aliphatic heterocycles. The number of hydrogen-bond acceptors (Lipinski definition) is 3. The molecule has 7 heteroatoms. The van der Waals surface area contributed by atoms with Crippen LogP contribution in [0.5, 0.6) is 11.5 Å². The first-order valence-electron chi connectivity index (χ1n) is 7.23. The monoisotopic (exact) mass is 387 g/mol. The molecule has 0 fully saturated rings. The van der Waals surface area contributed by atoms with Gasteiger partial charge in [-0.15, -0.1) is 0 Å². The molecule has 0 bridgehead atoms. The largest absolute Gasteiger partial charge is 0.494 e. The van der Waals surface area contributed by atoms with Crippen LogP contribution in [0.25, 0.3) is 0 Å². The highest BCUT2D eigenvalue weighted by Crippen LogP contribution is 2.39. The van der Waals surface area contributed by atoms with Crippen molar-refractivity contribution >= 4 is 40.9 Å². The second-order valence-corrected chi connectivity index (χ2v) is 7.19. The van der Waals surface area contributed by atoms with Crippen molar-refractivity contribution in [3.8, 4) is 11.5 Å². The number of carbonyl (C=O) groups excluding carboxylic acids is 1. The van der Waals surface area contributed by atoms with Gasteiger partial charge in [0.2, 0.25) is 3.79 Å². The number of ether oxygens (including phenoxy) is 2. The normalized spacial score (nSPS) is 12.3. The molecule has 0 aromatic heterocycles. The Bertz CT molecular complexity index is 657. The molecule has 4 nitrogen and oxygen atoms in total. The number of amides is 1. The molecule has 0 radical (unpaired) electrons. The summed E-state index contributed by atoms with van der Waals surface area (Å²) in [6.07, 6.45) is -0.723. The standard InChI is InChI=1S/C17H16Cl3NO3/c1-2-23-13-8-10-14(11-9-13)24-16(22)21-15(17(18,19)20)12-6-4-3-5-7-12/h3-11,15H,2H2,1H3,(H,21,22)/t15-/m1/s1. The zero-order valence-corrected chi connectivity index (χ0v) is 15.1. The van der Waals surface area contributed by atoms with E-state index in [1.807, 2.05) is 13.0 Å². The molecular weight excluding hydrogens is 373 g/mol. The SMILES string of the molecule is CCOc1ccc(OC(=O)N[C@H](c2ccccc2)C(Cl)(Cl)Cl)cc1. The van der Waals surface area contributed by atoms with Gasteiger partial charge in [-0.1, -0.05) is 65.1 Å². The highest BCUT2D eigenvalue weighted by molar-refractivity contribution is 6.68. The van der Waals surface area contributed by atoms with Crippen molar-refractivity contribution in [2.45, 2.75) is 16.8 Å². The van der Waals surface area contributed by atoms with Crippen LogP contribution in [0.15, 0.2) is 54.6 Å². The summed E-state index contributed by atoms with van der Waals surface area (Å²) in [6.45, 7) is 2.45. The average molecular weight is 389 g/mol. The minimum absolute atomic E-state index is 0.354. The fourth-order valence-corrected chi connectivity index (χ4v) is 2.57. The summed E-state index contributed by atoms with van der Waals surface area (Å²) >= 11 is 17.9. The van der Waals surface area contributed by atoms with Crippen molar-refractivity contribution in [1.29, 1.82) is 0 Å². The van der Waals surface area contributed by atoms with E-state index in [-0.39, 0.29) is 0 Å². The number of nitrogens with one attached hydrogen (secondary N) is 1. The highest BCUT2D eigenvalue weighted by Gasteiger charge is 2.35. The summed E-state index contributed by atoms with van der Waals surface area (Å²) in [7, 11) is 0. The second-order valence-electron chi connectivity index (χ2n) is 4.82. The van der Waals surface area contributed by atoms with E-state index < -0.39 is 15.9 Å². The molecule has 1 amide bonds. The number of rotatable bonds is 5. The van der Waals surface area contributed by atoms with Gasteiger partial charge in [0.05, 0.1) is 6.61 Å². The number of halogens is 3. The summed E-state index contributed by atoms with van der Waals surface area (Å²) in [4.78, 5) is 12.1. The third kappa shape index (κ3) is 5.48. The number of hydrogen-bond donors (Lipinski definition) is 1. The van der Waals surface area contributed by atoms with E-state index in [2.05, 4.69) is 5.32 Å². The van der Waals surface area contributed by atoms with Crippen LogP contribution < -0.4 is 14.8 Å². The van der Waals surface area contributed by atoms with Crippen LogP contribution in [0.3, 0.4) is 0 Å². The zero-order chi connectivity index (χ0) is 17.6. The van der Waals surface area contributed by atoms with Gasteiger partial charge in [0.15, 0.2) is 0 Å². The average Bonchev–Trinajstić information content (AvgIpc) is 2.54. The van der Waals surface area contributed by atoms with E-state index in [0.717, 1.165) is 0 Å². The lowest BCUT2D eigenvalue weighted by Gasteiger charge is -2.25. The Kier molecular flexibility index (Phi) is 6.60. The molecule has 128 valence electrons. The van der Waals surface area contributed by atoms with Gasteiger partial charge in [-0.2, -0.15) is 0 Å². The Labute approximate surface area is 155 Å². The van der Waals surface area contributed by atoms with Crippen molar-refractivity contribution < 1.29 is 14.3 Å². The van der Waals surface area contributed by atoms with E-state index in [9.17, 15) is 4.79 Å². The lowest BCUT2D eigenvalue weighted by Crippen LogP contribution is -2.38. The fourth-order valence-electron chi connectivity index (χ4n) is 2.02. The van der Waals surface area contributed by atoms with Crippen LogP contribution in [-0.4, -0.2) is 16.5 Å². The molecule has 2 rings (SSSR count). The van der Waals surface area contributed by atoms with Gasteiger partial charge in [0.1, 0.15) is 17.5 Å². The van der Waals surface area contributed by atoms with Crippen molar-refractivity contribution in [3.63, 3.8) is 0 Å². The topological polar surface area (TPSA) is 47.6 Å². The molecule has 2 aromatic carbocycles. The van der Waals surface area contributed by atoms with Crippen LogP contribution in [-0.2, 0) is 0 Å². The first-order valence-corrected chi connectivity index (χ1v) is 8.36. The first-order chi connectivity index (χ1) is 11.4. The third-order valence-corrected chi connectivity index (χ3v) is 3.72. The smallest absolute Gasteiger partial charge is 0.413 e. The Morgan fingerprint density at radius 1 is 1.04 bits per heavy atom. The minimum Gasteiger partial charge on any atom is -0.494 e. The van der Waals surface area contributed by atoms with Gasteiger partial charge in [0.25, 0.3) is 0 Å². The molecule has 1 atom stereocenters. The quantitative estimate of drug-likeness (QED) is 0.708. The number of carbonyl (C=O) groups is 1. The van der Waals surface area contributed by atoms with Crippen LogP contribution in [0, 0.1) is 0 Å². The van der Waals surface area contributed by atoms with Crippen molar-refractivity contribution in [2.24, 2.45) is 0 Å². The van der Waals surface area contributed by atoms with E-state index in [4.69, 9.17) is 44.3 Å². The zero-order valence-electron chi connectivity index (χ0n) is 12.8. The molecule has 24 heavy (non-hydrogen) atoms. The Balaban J connectivity index is 2.05. The lowest BCUT2D eigenvalue weighted by molar-refractivity contribution is 0.196. The molecular formula is C17H16Cl3NO3. The summed E-state index contributed by atoms with van der Waals surface area (Å²) in [5.74, 6) is 1.04. The number of benzene rings is 2. The Morgan fingerprint density at radius 2 is 1.62 bits per heavy atom. The lowest BCUT2D eigenvalue weighted by atomic mass is 10.1. The van der Waals surface area contributed by atoms with Gasteiger partial charge in [-0.3, -0.25) is 0 Å². The summed E-state index contributed by atoms with van der Waals surface area (Å²) in [5, 5.41) is 2.57. The van der Waals surface area contributed by atoms with E-state index >= 15 is 0 Å². The molecule has 0 heterocycles. The maximum absolute atomic E-state index is 12.1. The molecule has 0 saturated heterocycles. The first kappa shape index (κ1) is 18.7. The van der Waals surface area contributed by atoms with Gasteiger partial charge in [-0.25, -0.2) is 4.79 Å². The fraction of sp³-hybridized carbons (Fsp3) is 0.235. The predicted molar refractivity (Wildman–Crippen MR) is 96.2 cm³/mol. The molecule has 0 aliphatic rings. The molecule has 0 unspecified atom stereocenters. The highest BCUT2D eigenvalue weighted by atomic mass is 35.6. The molecule has 0 aliphatic carbocycles. The van der Waals surface area contributed by atoms with Gasteiger partial charge in [-0.05, 0) is 36.8 Å². The van der Waals surface area contributed by atoms with Crippen LogP contribution >= 0.6 is 34.8 Å². The molecule has 1 N–H and O–H groups in total. The van der Waals surface area contributed by atoms with E-state index in [1.54, 1.807) is 48.5 Å². The van der Waals surface area contributed by atoms with Crippen LogP contribution in [0.2, 0.25) is 0 Å². The molecule has 0 spiro atoms. The minimum atomic E-state index is -1.72. The van der Waals surface area contributed by atoms with Crippen LogP contribution in [0.1, 0.15) is 18.5 Å². The third-order valence-electron chi connectivity index (χ3n) is 3.07. The summed E-state index contributed by atoms with van der Waals surface area (Å²) in [6, 6.07) is 14.7. The number of alkyl halides is 3. The molecule has 0 saturated carbocycles. The second kappa shape index (κ2) is 8.47. The maximum atomic E-state index is 12.1. The predicted octanol–water partition coefficient (Wildman–Crippen LogP) is 5.29. The maximum Gasteiger partial charge on any atom is 0.413 e. The Morgan fingerprint density at radius 3 is 2.17 bits per heavy atom. The molecule has 2 aromatic rings. The van der Waals surface area contributed by atoms with Gasteiger partial charge in [0, 0.05) is 0 Å². The van der Waals surface area contributed by atoms with Gasteiger partial charge < -0.3 is 14.8 Å². The Hall–Kier alpha value is -1.62.